The van der Waals surface area contributed by atoms with Crippen molar-refractivity contribution < 1.29 is 9.53 Å². The zero-order valence-electron chi connectivity index (χ0n) is 11.9. The molecular formula is C15H22N2O2. The summed E-state index contributed by atoms with van der Waals surface area (Å²) in [7, 11) is 0. The molecule has 1 aromatic carbocycles. The van der Waals surface area contributed by atoms with Crippen LogP contribution in [0.4, 0.5) is 11.4 Å². The van der Waals surface area contributed by atoms with Gasteiger partial charge in [0.2, 0.25) is 5.91 Å². The van der Waals surface area contributed by atoms with Crippen molar-refractivity contribution in [2.45, 2.75) is 20.8 Å². The fourth-order valence-corrected chi connectivity index (χ4v) is 1.92. The number of carbonyl (C=O) groups is 1. The maximum atomic E-state index is 12.0. The van der Waals surface area contributed by atoms with Gasteiger partial charge in [0.05, 0.1) is 13.2 Å². The highest BCUT2D eigenvalue weighted by Crippen LogP contribution is 2.22. The number of benzene rings is 1. The predicted molar refractivity (Wildman–Crippen MR) is 77.6 cm³/mol. The highest BCUT2D eigenvalue weighted by Gasteiger charge is 2.21. The zero-order chi connectivity index (χ0) is 13.9. The highest BCUT2D eigenvalue weighted by atomic mass is 16.5. The molecule has 0 unspecified atom stereocenters. The molecule has 104 valence electrons. The van der Waals surface area contributed by atoms with Gasteiger partial charge in [-0.1, -0.05) is 26.8 Å². The van der Waals surface area contributed by atoms with E-state index < -0.39 is 0 Å². The Labute approximate surface area is 114 Å². The van der Waals surface area contributed by atoms with Gasteiger partial charge in [-0.2, -0.15) is 0 Å². The van der Waals surface area contributed by atoms with Gasteiger partial charge in [-0.05, 0) is 18.2 Å². The minimum atomic E-state index is -0.380. The van der Waals surface area contributed by atoms with Crippen molar-refractivity contribution in [2.24, 2.45) is 5.41 Å². The molecule has 0 aliphatic carbocycles. The summed E-state index contributed by atoms with van der Waals surface area (Å²) in [5, 5.41) is 2.96. The van der Waals surface area contributed by atoms with Crippen molar-refractivity contribution in [3.63, 3.8) is 0 Å². The lowest BCUT2D eigenvalue weighted by atomic mass is 9.95. The standard InChI is InChI=1S/C15H22N2O2/c1-15(2,3)14(18)16-12-5-4-6-13(11-12)17-7-9-19-10-8-17/h4-6,11H,7-10H2,1-3H3,(H,16,18). The number of rotatable bonds is 2. The molecule has 1 fully saturated rings. The Morgan fingerprint density at radius 3 is 2.58 bits per heavy atom. The Morgan fingerprint density at radius 1 is 1.26 bits per heavy atom. The van der Waals surface area contributed by atoms with Crippen molar-refractivity contribution in [3.8, 4) is 0 Å². The van der Waals surface area contributed by atoms with Crippen molar-refractivity contribution in [1.82, 2.24) is 0 Å². The summed E-state index contributed by atoms with van der Waals surface area (Å²) in [6.07, 6.45) is 0. The smallest absolute Gasteiger partial charge is 0.229 e. The second-order valence-corrected chi connectivity index (χ2v) is 5.85. The Kier molecular flexibility index (Phi) is 4.10. The number of anilines is 2. The lowest BCUT2D eigenvalue weighted by Gasteiger charge is -2.29. The summed E-state index contributed by atoms with van der Waals surface area (Å²) >= 11 is 0. The lowest BCUT2D eigenvalue weighted by Crippen LogP contribution is -2.36. The first-order valence-electron chi connectivity index (χ1n) is 6.71. The Balaban J connectivity index is 2.08. The van der Waals surface area contributed by atoms with E-state index in [-0.39, 0.29) is 11.3 Å². The van der Waals surface area contributed by atoms with Crippen molar-refractivity contribution in [3.05, 3.63) is 24.3 Å². The first-order valence-corrected chi connectivity index (χ1v) is 6.71. The second-order valence-electron chi connectivity index (χ2n) is 5.85. The van der Waals surface area contributed by atoms with Crippen LogP contribution in [0, 0.1) is 5.41 Å². The van der Waals surface area contributed by atoms with Crippen LogP contribution in [0.25, 0.3) is 0 Å². The van der Waals surface area contributed by atoms with E-state index in [4.69, 9.17) is 4.74 Å². The molecular weight excluding hydrogens is 240 g/mol. The summed E-state index contributed by atoms with van der Waals surface area (Å²) in [4.78, 5) is 14.3. The third-order valence-corrected chi connectivity index (χ3v) is 3.16. The molecule has 0 radical (unpaired) electrons. The lowest BCUT2D eigenvalue weighted by molar-refractivity contribution is -0.123. The number of hydrogen-bond donors (Lipinski definition) is 1. The van der Waals surface area contributed by atoms with Gasteiger partial charge >= 0.3 is 0 Å². The molecule has 1 aliphatic heterocycles. The third-order valence-electron chi connectivity index (χ3n) is 3.16. The minimum absolute atomic E-state index is 0.0339. The molecule has 19 heavy (non-hydrogen) atoms. The van der Waals surface area contributed by atoms with E-state index in [0.29, 0.717) is 0 Å². The monoisotopic (exact) mass is 262 g/mol. The largest absolute Gasteiger partial charge is 0.378 e. The second kappa shape index (κ2) is 5.61. The van der Waals surface area contributed by atoms with E-state index in [1.807, 2.05) is 39.0 Å². The zero-order valence-corrected chi connectivity index (χ0v) is 11.9. The average molecular weight is 262 g/mol. The SMILES string of the molecule is CC(C)(C)C(=O)Nc1cccc(N2CCOCC2)c1. The van der Waals surface area contributed by atoms with Gasteiger partial charge in [0.1, 0.15) is 0 Å². The van der Waals surface area contributed by atoms with E-state index in [1.54, 1.807) is 0 Å². The summed E-state index contributed by atoms with van der Waals surface area (Å²) < 4.78 is 5.35. The van der Waals surface area contributed by atoms with Gasteiger partial charge in [0, 0.05) is 29.9 Å². The average Bonchev–Trinajstić information content (AvgIpc) is 2.39. The molecule has 1 heterocycles. The Morgan fingerprint density at radius 2 is 1.95 bits per heavy atom. The molecule has 0 spiro atoms. The van der Waals surface area contributed by atoms with Gasteiger partial charge in [-0.3, -0.25) is 4.79 Å². The van der Waals surface area contributed by atoms with Crippen LogP contribution in [0.5, 0.6) is 0 Å². The Bertz CT molecular complexity index is 446. The molecule has 1 N–H and O–H groups in total. The van der Waals surface area contributed by atoms with Crippen molar-refractivity contribution >= 4 is 17.3 Å². The molecule has 0 atom stereocenters. The molecule has 4 nitrogen and oxygen atoms in total. The fourth-order valence-electron chi connectivity index (χ4n) is 1.92. The summed E-state index contributed by atoms with van der Waals surface area (Å²) in [6.45, 7) is 9.06. The first-order chi connectivity index (χ1) is 8.97. The molecule has 0 aromatic heterocycles. The molecule has 1 saturated heterocycles. The van der Waals surface area contributed by atoms with Gasteiger partial charge in [-0.15, -0.1) is 0 Å². The van der Waals surface area contributed by atoms with Gasteiger partial charge < -0.3 is 15.0 Å². The maximum Gasteiger partial charge on any atom is 0.229 e. The molecule has 0 bridgehead atoms. The molecule has 0 saturated carbocycles. The molecule has 1 amide bonds. The van der Waals surface area contributed by atoms with Gasteiger partial charge in [-0.25, -0.2) is 0 Å². The number of morpholine rings is 1. The molecule has 2 rings (SSSR count). The number of amides is 1. The van der Waals surface area contributed by atoms with Crippen LogP contribution >= 0.6 is 0 Å². The molecule has 1 aliphatic rings. The summed E-state index contributed by atoms with van der Waals surface area (Å²) in [5.41, 5.74) is 1.61. The predicted octanol–water partition coefficient (Wildman–Crippen LogP) is 2.51. The number of nitrogens with zero attached hydrogens (tertiary/aromatic N) is 1. The number of hydrogen-bond acceptors (Lipinski definition) is 3. The number of nitrogens with one attached hydrogen (secondary N) is 1. The van der Waals surface area contributed by atoms with E-state index >= 15 is 0 Å². The molecule has 4 heteroatoms. The normalized spacial score (nSPS) is 16.3. The Hall–Kier alpha value is -1.55. The van der Waals surface area contributed by atoms with Crippen LogP contribution in [-0.2, 0) is 9.53 Å². The maximum absolute atomic E-state index is 12.0. The van der Waals surface area contributed by atoms with Crippen LogP contribution in [0.1, 0.15) is 20.8 Å². The minimum Gasteiger partial charge on any atom is -0.378 e. The summed E-state index contributed by atoms with van der Waals surface area (Å²) in [5.74, 6) is 0.0339. The van der Waals surface area contributed by atoms with E-state index in [0.717, 1.165) is 37.7 Å². The van der Waals surface area contributed by atoms with Crippen LogP contribution < -0.4 is 10.2 Å². The third kappa shape index (κ3) is 3.70. The van der Waals surface area contributed by atoms with Crippen LogP contribution in [-0.4, -0.2) is 32.2 Å². The first kappa shape index (κ1) is 13.9. The van der Waals surface area contributed by atoms with E-state index in [2.05, 4.69) is 16.3 Å². The van der Waals surface area contributed by atoms with Crippen LogP contribution in [0.3, 0.4) is 0 Å². The summed E-state index contributed by atoms with van der Waals surface area (Å²) in [6, 6.07) is 7.99. The van der Waals surface area contributed by atoms with Crippen molar-refractivity contribution in [2.75, 3.05) is 36.5 Å². The van der Waals surface area contributed by atoms with E-state index in [1.165, 1.54) is 0 Å². The number of ether oxygens (including phenoxy) is 1. The number of carbonyl (C=O) groups excluding carboxylic acids is 1. The highest BCUT2D eigenvalue weighted by molar-refractivity contribution is 5.94. The topological polar surface area (TPSA) is 41.6 Å². The van der Waals surface area contributed by atoms with E-state index in [9.17, 15) is 4.79 Å². The fraction of sp³-hybridized carbons (Fsp3) is 0.533. The quantitative estimate of drug-likeness (QED) is 0.890. The van der Waals surface area contributed by atoms with Crippen LogP contribution in [0.2, 0.25) is 0 Å². The van der Waals surface area contributed by atoms with Gasteiger partial charge in [0.25, 0.3) is 0 Å². The van der Waals surface area contributed by atoms with Gasteiger partial charge in [0.15, 0.2) is 0 Å². The molecule has 1 aromatic rings. The van der Waals surface area contributed by atoms with Crippen molar-refractivity contribution in [1.29, 1.82) is 0 Å². The van der Waals surface area contributed by atoms with Crippen LogP contribution in [0.15, 0.2) is 24.3 Å².